The van der Waals surface area contributed by atoms with E-state index in [0.717, 1.165) is 48.3 Å². The molecule has 0 bridgehead atoms. The van der Waals surface area contributed by atoms with Crippen molar-refractivity contribution in [3.8, 4) is 0 Å². The van der Waals surface area contributed by atoms with Crippen molar-refractivity contribution in [1.29, 1.82) is 0 Å². The molecule has 0 aromatic heterocycles. The molecule has 3 fully saturated rings. The molecule has 0 aromatic carbocycles. The zero-order valence-corrected chi connectivity index (χ0v) is 28.8. The van der Waals surface area contributed by atoms with Crippen LogP contribution in [0, 0.1) is 46.3 Å². The summed E-state index contributed by atoms with van der Waals surface area (Å²) in [5, 5.41) is 0.386. The number of allylic oxidation sites excluding steroid dienone is 2. The van der Waals surface area contributed by atoms with Crippen LogP contribution in [-0.2, 0) is 4.74 Å². The molecule has 0 spiro atoms. The number of unbranched alkanes of at least 4 members (excludes halogenated alkanes) is 7. The van der Waals surface area contributed by atoms with Gasteiger partial charge in [0.2, 0.25) is 0 Å². The lowest BCUT2D eigenvalue weighted by atomic mass is 9.47. The zero-order valence-electron chi connectivity index (χ0n) is 28.0. The minimum Gasteiger partial charge on any atom is -0.458 e. The summed E-state index contributed by atoms with van der Waals surface area (Å²) in [6, 6.07) is 0. The maximum Gasteiger partial charge on any atom is 0.367 e. The van der Waals surface area contributed by atoms with Crippen molar-refractivity contribution in [1.82, 2.24) is 0 Å². The number of carbonyl (C=O) groups excluding carboxylic acids is 1. The fraction of sp³-hybridized carbons (Fsp3) is 0.921. The Morgan fingerprint density at radius 1 is 0.902 bits per heavy atom. The molecule has 0 heterocycles. The third kappa shape index (κ3) is 8.19. The number of fused-ring (bicyclic) bond motifs is 5. The molecule has 2 nitrogen and oxygen atoms in total. The fourth-order valence-electron chi connectivity index (χ4n) is 10.3. The number of thioether (sulfide) groups is 1. The molecule has 3 saturated carbocycles. The lowest BCUT2D eigenvalue weighted by Gasteiger charge is -2.58. The third-order valence-electron chi connectivity index (χ3n) is 12.7. The van der Waals surface area contributed by atoms with E-state index in [-0.39, 0.29) is 5.30 Å². The molecule has 4 rings (SSSR count). The zero-order chi connectivity index (χ0) is 29.5. The monoisotopic (exact) mass is 586 g/mol. The van der Waals surface area contributed by atoms with Gasteiger partial charge in [-0.2, -0.15) is 0 Å². The average molecular weight is 587 g/mol. The Balaban J connectivity index is 1.24. The van der Waals surface area contributed by atoms with Crippen LogP contribution in [0.4, 0.5) is 4.79 Å². The summed E-state index contributed by atoms with van der Waals surface area (Å²) >= 11 is 1.51. The number of hydrogen-bond acceptors (Lipinski definition) is 3. The second kappa shape index (κ2) is 15.5. The third-order valence-corrected chi connectivity index (χ3v) is 13.8. The molecular formula is C38H66O2S. The molecule has 236 valence electrons. The first-order valence-corrected chi connectivity index (χ1v) is 19.1. The summed E-state index contributed by atoms with van der Waals surface area (Å²) in [7, 11) is 0. The predicted octanol–water partition coefficient (Wildman–Crippen LogP) is 12.4. The summed E-state index contributed by atoms with van der Waals surface area (Å²) < 4.78 is 5.67. The second-order valence-electron chi connectivity index (χ2n) is 15.8. The standard InChI is InChI=1S/C38H66O2S/c1-7-8-9-10-11-12-13-14-26-40-36(39)41-31-22-24-37(5)30(27-31)18-19-32-34-21-20-33(29(4)17-15-16-28(2)3)38(34,6)25-23-35(32)37/h18,28-29,31-35H,7-17,19-27H2,1-6H3/t29-,31-,32-,33-,34-,35-,37-,38+/m0/s1. The van der Waals surface area contributed by atoms with Gasteiger partial charge in [-0.25, -0.2) is 4.79 Å². The first kappa shape index (κ1) is 33.5. The van der Waals surface area contributed by atoms with Crippen molar-refractivity contribution < 1.29 is 9.53 Å². The van der Waals surface area contributed by atoms with Gasteiger partial charge in [-0.15, -0.1) is 0 Å². The summed E-state index contributed by atoms with van der Waals surface area (Å²) in [6.07, 6.45) is 27.8. The predicted molar refractivity (Wildman–Crippen MR) is 178 cm³/mol. The summed E-state index contributed by atoms with van der Waals surface area (Å²) in [4.78, 5) is 12.7. The van der Waals surface area contributed by atoms with Gasteiger partial charge >= 0.3 is 5.30 Å². The van der Waals surface area contributed by atoms with E-state index in [1.54, 1.807) is 5.57 Å². The Labute approximate surface area is 259 Å². The van der Waals surface area contributed by atoms with Gasteiger partial charge in [0.25, 0.3) is 0 Å². The molecule has 41 heavy (non-hydrogen) atoms. The molecule has 8 atom stereocenters. The number of ether oxygens (including phenoxy) is 1. The van der Waals surface area contributed by atoms with Crippen LogP contribution < -0.4 is 0 Å². The molecule has 0 radical (unpaired) electrons. The van der Waals surface area contributed by atoms with Crippen LogP contribution in [0.25, 0.3) is 0 Å². The van der Waals surface area contributed by atoms with Crippen molar-refractivity contribution >= 4 is 17.1 Å². The Morgan fingerprint density at radius 3 is 2.37 bits per heavy atom. The largest absolute Gasteiger partial charge is 0.458 e. The molecule has 0 N–H and O–H groups in total. The molecule has 0 aliphatic heterocycles. The normalized spacial score (nSPS) is 35.4. The quantitative estimate of drug-likeness (QED) is 0.108. The van der Waals surface area contributed by atoms with Crippen LogP contribution >= 0.6 is 11.8 Å². The molecule has 4 aliphatic carbocycles. The van der Waals surface area contributed by atoms with Crippen molar-refractivity contribution in [2.75, 3.05) is 6.61 Å². The van der Waals surface area contributed by atoms with Gasteiger partial charge in [0.1, 0.15) is 0 Å². The topological polar surface area (TPSA) is 26.3 Å². The van der Waals surface area contributed by atoms with E-state index in [2.05, 4.69) is 47.6 Å². The van der Waals surface area contributed by atoms with Crippen molar-refractivity contribution in [2.24, 2.45) is 46.3 Å². The van der Waals surface area contributed by atoms with Crippen molar-refractivity contribution in [2.45, 2.75) is 169 Å². The van der Waals surface area contributed by atoms with Gasteiger partial charge in [0, 0.05) is 5.25 Å². The van der Waals surface area contributed by atoms with Crippen LogP contribution in [0.15, 0.2) is 11.6 Å². The van der Waals surface area contributed by atoms with Gasteiger partial charge in [0.05, 0.1) is 6.61 Å². The molecule has 4 aliphatic rings. The van der Waals surface area contributed by atoms with E-state index in [4.69, 9.17) is 4.74 Å². The van der Waals surface area contributed by atoms with Gasteiger partial charge in [-0.1, -0.05) is 117 Å². The summed E-state index contributed by atoms with van der Waals surface area (Å²) in [5.41, 5.74) is 2.62. The highest BCUT2D eigenvalue weighted by atomic mass is 32.2. The van der Waals surface area contributed by atoms with Gasteiger partial charge in [-0.3, -0.25) is 0 Å². The molecule has 0 amide bonds. The lowest BCUT2D eigenvalue weighted by Crippen LogP contribution is -2.50. The van der Waals surface area contributed by atoms with Crippen LogP contribution in [0.2, 0.25) is 0 Å². The highest BCUT2D eigenvalue weighted by molar-refractivity contribution is 8.13. The molecule has 3 heteroatoms. The Bertz CT molecular complexity index is 849. The Kier molecular flexibility index (Phi) is 12.7. The minimum atomic E-state index is -0.0243. The maximum atomic E-state index is 12.7. The summed E-state index contributed by atoms with van der Waals surface area (Å²) in [6.45, 7) is 15.5. The van der Waals surface area contributed by atoms with Gasteiger partial charge in [-0.05, 0) is 116 Å². The maximum absolute atomic E-state index is 12.7. The van der Waals surface area contributed by atoms with E-state index >= 15 is 0 Å². The molecule has 0 aromatic rings. The van der Waals surface area contributed by atoms with E-state index < -0.39 is 0 Å². The lowest BCUT2D eigenvalue weighted by molar-refractivity contribution is -0.0497. The van der Waals surface area contributed by atoms with Crippen LogP contribution in [0.3, 0.4) is 0 Å². The van der Waals surface area contributed by atoms with Gasteiger partial charge < -0.3 is 4.74 Å². The van der Waals surface area contributed by atoms with Crippen LogP contribution in [0.1, 0.15) is 164 Å². The molecule has 0 unspecified atom stereocenters. The average Bonchev–Trinajstić information content (AvgIpc) is 3.29. The van der Waals surface area contributed by atoms with Crippen LogP contribution in [-0.4, -0.2) is 17.2 Å². The smallest absolute Gasteiger partial charge is 0.367 e. The van der Waals surface area contributed by atoms with E-state index in [9.17, 15) is 4.79 Å². The van der Waals surface area contributed by atoms with E-state index in [1.807, 2.05) is 0 Å². The SMILES string of the molecule is CCCCCCCCCCOC(=O)S[C@H]1CC[C@@]2(C)C(=CC[C@H]3[C@@H]4CC[C@@H]([C@@H](C)CCCC(C)C)[C@@]4(C)CC[C@@H]32)C1. The summed E-state index contributed by atoms with van der Waals surface area (Å²) in [5.74, 6) is 5.32. The number of carbonyl (C=O) groups is 1. The highest BCUT2D eigenvalue weighted by Crippen LogP contribution is 2.67. The number of rotatable bonds is 15. The second-order valence-corrected chi connectivity index (χ2v) is 17.1. The Morgan fingerprint density at radius 2 is 1.63 bits per heavy atom. The minimum absolute atomic E-state index is 0.0243. The van der Waals surface area contributed by atoms with Gasteiger partial charge in [0.15, 0.2) is 0 Å². The van der Waals surface area contributed by atoms with Crippen molar-refractivity contribution in [3.63, 3.8) is 0 Å². The first-order valence-electron chi connectivity index (χ1n) is 18.2. The van der Waals surface area contributed by atoms with Crippen LogP contribution in [0.5, 0.6) is 0 Å². The molecule has 0 saturated heterocycles. The fourth-order valence-corrected chi connectivity index (χ4v) is 11.2. The molecular weight excluding hydrogens is 520 g/mol. The Hall–Kier alpha value is -0.440. The highest BCUT2D eigenvalue weighted by Gasteiger charge is 2.59. The van der Waals surface area contributed by atoms with Crippen molar-refractivity contribution in [3.05, 3.63) is 11.6 Å². The van der Waals surface area contributed by atoms with E-state index in [1.165, 1.54) is 121 Å². The first-order chi connectivity index (χ1) is 19.7. The number of hydrogen-bond donors (Lipinski definition) is 0. The van der Waals surface area contributed by atoms with E-state index in [0.29, 0.717) is 22.7 Å².